The summed E-state index contributed by atoms with van der Waals surface area (Å²) in [5, 5.41) is 10.1. The van der Waals surface area contributed by atoms with Crippen LogP contribution in [0.15, 0.2) is 24.4 Å². The van der Waals surface area contributed by atoms with E-state index in [0.717, 1.165) is 11.7 Å². The maximum absolute atomic E-state index is 10.1. The van der Waals surface area contributed by atoms with E-state index in [9.17, 15) is 5.11 Å². The zero-order chi connectivity index (χ0) is 12.3. The van der Waals surface area contributed by atoms with E-state index in [1.807, 2.05) is 0 Å². The number of methoxy groups -OCH3 is 2. The van der Waals surface area contributed by atoms with Crippen LogP contribution in [0, 0.1) is 0 Å². The minimum atomic E-state index is -0.838. The number of benzene rings is 1. The van der Waals surface area contributed by atoms with Gasteiger partial charge in [-0.15, -0.1) is 0 Å². The van der Waals surface area contributed by atoms with Crippen molar-refractivity contribution in [1.29, 1.82) is 0 Å². The van der Waals surface area contributed by atoms with E-state index in [1.54, 1.807) is 38.6 Å². The lowest BCUT2D eigenvalue weighted by Gasteiger charge is -2.13. The van der Waals surface area contributed by atoms with Gasteiger partial charge in [0.25, 0.3) is 0 Å². The molecule has 0 amide bonds. The molecule has 0 bridgehead atoms. The summed E-state index contributed by atoms with van der Waals surface area (Å²) in [6.07, 6.45) is 0.702. The Balaban J connectivity index is 2.38. The molecular weight excluding hydrogens is 240 g/mol. The topological polar surface area (TPSA) is 64.5 Å². The van der Waals surface area contributed by atoms with Crippen molar-refractivity contribution in [3.05, 3.63) is 35.7 Å². The highest BCUT2D eigenvalue weighted by Crippen LogP contribution is 2.32. The van der Waals surface area contributed by atoms with Crippen LogP contribution >= 0.6 is 11.7 Å². The van der Waals surface area contributed by atoms with Crippen LogP contribution in [0.5, 0.6) is 11.5 Å². The summed E-state index contributed by atoms with van der Waals surface area (Å²) >= 11 is 1.06. The Kier molecular flexibility index (Phi) is 3.55. The van der Waals surface area contributed by atoms with E-state index >= 15 is 0 Å². The molecule has 0 saturated heterocycles. The van der Waals surface area contributed by atoms with Crippen LogP contribution in [-0.4, -0.2) is 28.1 Å². The molecule has 0 aliphatic carbocycles. The molecule has 0 aliphatic heterocycles. The van der Waals surface area contributed by atoms with Crippen LogP contribution in [0.3, 0.4) is 0 Å². The largest absolute Gasteiger partial charge is 0.497 e. The van der Waals surface area contributed by atoms with Gasteiger partial charge in [0.1, 0.15) is 23.3 Å². The van der Waals surface area contributed by atoms with Crippen LogP contribution in [0.4, 0.5) is 0 Å². The van der Waals surface area contributed by atoms with Crippen molar-refractivity contribution >= 4 is 11.7 Å². The van der Waals surface area contributed by atoms with Gasteiger partial charge < -0.3 is 14.6 Å². The number of ether oxygens (including phenoxy) is 2. The first-order valence-electron chi connectivity index (χ1n) is 4.93. The lowest BCUT2D eigenvalue weighted by molar-refractivity contribution is 0.210. The van der Waals surface area contributed by atoms with Gasteiger partial charge in [-0.1, -0.05) is 0 Å². The van der Waals surface area contributed by atoms with Crippen molar-refractivity contribution < 1.29 is 14.6 Å². The van der Waals surface area contributed by atoms with Crippen molar-refractivity contribution in [2.75, 3.05) is 14.2 Å². The molecule has 1 atom stereocenters. The Hall–Kier alpha value is -1.66. The van der Waals surface area contributed by atoms with E-state index in [4.69, 9.17) is 9.47 Å². The summed E-state index contributed by atoms with van der Waals surface area (Å²) in [6.45, 7) is 0. The molecule has 17 heavy (non-hydrogen) atoms. The van der Waals surface area contributed by atoms with E-state index in [1.165, 1.54) is 0 Å². The van der Waals surface area contributed by atoms with Gasteiger partial charge >= 0.3 is 0 Å². The Bertz CT molecular complexity index is 487. The molecule has 1 N–H and O–H groups in total. The second kappa shape index (κ2) is 5.11. The molecule has 2 aromatic rings. The third-order valence-electron chi connectivity index (χ3n) is 2.39. The van der Waals surface area contributed by atoms with Crippen LogP contribution in [-0.2, 0) is 0 Å². The lowest BCUT2D eigenvalue weighted by atomic mass is 10.1. The molecule has 0 saturated carbocycles. The van der Waals surface area contributed by atoms with Gasteiger partial charge in [0.05, 0.1) is 32.1 Å². The van der Waals surface area contributed by atoms with E-state index < -0.39 is 6.10 Å². The van der Waals surface area contributed by atoms with E-state index in [0.29, 0.717) is 22.8 Å². The molecule has 2 rings (SSSR count). The second-order valence-corrected chi connectivity index (χ2v) is 3.90. The van der Waals surface area contributed by atoms with Crippen LogP contribution < -0.4 is 9.47 Å². The number of aromatic nitrogens is 2. The Morgan fingerprint density at radius 1 is 1.29 bits per heavy atom. The Morgan fingerprint density at radius 2 is 2.12 bits per heavy atom. The van der Waals surface area contributed by atoms with Crippen LogP contribution in [0.25, 0.3) is 0 Å². The second-order valence-electron chi connectivity index (χ2n) is 3.34. The third kappa shape index (κ3) is 2.37. The fraction of sp³-hybridized carbons (Fsp3) is 0.273. The predicted octanol–water partition coefficient (Wildman–Crippen LogP) is 1.64. The van der Waals surface area contributed by atoms with Crippen molar-refractivity contribution in [3.8, 4) is 11.5 Å². The molecule has 6 heteroatoms. The summed E-state index contributed by atoms with van der Waals surface area (Å²) in [7, 11) is 3.12. The molecule has 0 spiro atoms. The molecule has 0 fully saturated rings. The molecule has 1 aromatic heterocycles. The number of nitrogens with zero attached hydrogens (tertiary/aromatic N) is 2. The normalized spacial score (nSPS) is 12.2. The molecule has 0 radical (unpaired) electrons. The van der Waals surface area contributed by atoms with Crippen molar-refractivity contribution in [2.45, 2.75) is 6.10 Å². The summed E-state index contributed by atoms with van der Waals surface area (Å²) in [5.74, 6) is 1.24. The highest BCUT2D eigenvalue weighted by Gasteiger charge is 2.18. The maximum Gasteiger partial charge on any atom is 0.128 e. The van der Waals surface area contributed by atoms with E-state index in [-0.39, 0.29) is 0 Å². The summed E-state index contributed by atoms with van der Waals surface area (Å²) in [4.78, 5) is 0. The predicted molar refractivity (Wildman–Crippen MR) is 63.5 cm³/mol. The molecule has 1 heterocycles. The number of aliphatic hydroxyl groups is 1. The average molecular weight is 252 g/mol. The number of hydrogen-bond acceptors (Lipinski definition) is 6. The Morgan fingerprint density at radius 3 is 2.71 bits per heavy atom. The quantitative estimate of drug-likeness (QED) is 0.896. The van der Waals surface area contributed by atoms with Gasteiger partial charge in [0, 0.05) is 11.6 Å². The van der Waals surface area contributed by atoms with Crippen molar-refractivity contribution in [2.24, 2.45) is 0 Å². The number of rotatable bonds is 4. The lowest BCUT2D eigenvalue weighted by Crippen LogP contribution is -2.03. The summed E-state index contributed by atoms with van der Waals surface area (Å²) in [6, 6.07) is 5.24. The van der Waals surface area contributed by atoms with Gasteiger partial charge in [0.2, 0.25) is 0 Å². The number of hydrogen-bond donors (Lipinski definition) is 1. The zero-order valence-corrected chi connectivity index (χ0v) is 10.3. The van der Waals surface area contributed by atoms with Crippen molar-refractivity contribution in [3.63, 3.8) is 0 Å². The fourth-order valence-corrected chi connectivity index (χ4v) is 1.94. The molecule has 1 unspecified atom stereocenters. The van der Waals surface area contributed by atoms with Gasteiger partial charge in [-0.25, -0.2) is 0 Å². The van der Waals surface area contributed by atoms with Crippen LogP contribution in [0.1, 0.15) is 17.4 Å². The highest BCUT2D eigenvalue weighted by molar-refractivity contribution is 6.99. The smallest absolute Gasteiger partial charge is 0.128 e. The van der Waals surface area contributed by atoms with Crippen molar-refractivity contribution in [1.82, 2.24) is 8.75 Å². The first-order chi connectivity index (χ1) is 8.26. The van der Waals surface area contributed by atoms with Crippen LogP contribution in [0.2, 0.25) is 0 Å². The summed E-state index contributed by atoms with van der Waals surface area (Å²) < 4.78 is 18.2. The SMILES string of the molecule is COc1ccc(C(O)c2cnsn2)c(OC)c1. The average Bonchev–Trinajstić information content (AvgIpc) is 2.91. The molecule has 90 valence electrons. The van der Waals surface area contributed by atoms with Gasteiger partial charge in [-0.3, -0.25) is 0 Å². The first kappa shape index (κ1) is 11.8. The van der Waals surface area contributed by atoms with Gasteiger partial charge in [-0.05, 0) is 12.1 Å². The fourth-order valence-electron chi connectivity index (χ4n) is 1.50. The summed E-state index contributed by atoms with van der Waals surface area (Å²) in [5.41, 5.74) is 1.15. The highest BCUT2D eigenvalue weighted by atomic mass is 32.1. The molecular formula is C11H12N2O3S. The Labute approximate surface area is 103 Å². The van der Waals surface area contributed by atoms with Gasteiger partial charge in [0.15, 0.2) is 0 Å². The third-order valence-corrected chi connectivity index (χ3v) is 2.89. The monoisotopic (exact) mass is 252 g/mol. The maximum atomic E-state index is 10.1. The minimum Gasteiger partial charge on any atom is -0.497 e. The van der Waals surface area contributed by atoms with Gasteiger partial charge in [-0.2, -0.15) is 8.75 Å². The molecule has 1 aromatic carbocycles. The minimum absolute atomic E-state index is 0.512. The first-order valence-corrected chi connectivity index (χ1v) is 5.66. The molecule has 0 aliphatic rings. The van der Waals surface area contributed by atoms with E-state index in [2.05, 4.69) is 8.75 Å². The molecule has 5 nitrogen and oxygen atoms in total. The zero-order valence-electron chi connectivity index (χ0n) is 9.45. The number of aliphatic hydroxyl groups excluding tert-OH is 1. The standard InChI is InChI=1S/C11H12N2O3S/c1-15-7-3-4-8(10(5-7)16-2)11(14)9-6-12-17-13-9/h3-6,11,14H,1-2H3.